The molecule has 0 saturated heterocycles. The number of hydrogen-bond acceptors (Lipinski definition) is 3. The van der Waals surface area contributed by atoms with Crippen LogP contribution < -0.4 is 10.6 Å². The SMILES string of the molecule is Cc1ccccc1NC(=O)/C(C#N)=C\Nc1ccc(Cl)c(Cl)c1. The highest BCUT2D eigenvalue weighted by molar-refractivity contribution is 6.42. The smallest absolute Gasteiger partial charge is 0.267 e. The molecular weight excluding hydrogens is 333 g/mol. The molecule has 4 nitrogen and oxygen atoms in total. The normalized spacial score (nSPS) is 10.8. The fourth-order valence-electron chi connectivity index (χ4n) is 1.79. The molecule has 0 aromatic heterocycles. The van der Waals surface area contributed by atoms with Gasteiger partial charge in [-0.1, -0.05) is 41.4 Å². The highest BCUT2D eigenvalue weighted by Crippen LogP contribution is 2.25. The zero-order chi connectivity index (χ0) is 16.8. The van der Waals surface area contributed by atoms with E-state index in [0.29, 0.717) is 21.4 Å². The standard InChI is InChI=1S/C17H13Cl2N3O/c1-11-4-2-3-5-16(11)22-17(23)12(9-20)10-21-13-6-7-14(18)15(19)8-13/h2-8,10,21H,1H3,(H,22,23)/b12-10-. The minimum absolute atomic E-state index is 0.0562. The number of aryl methyl sites for hydroxylation is 1. The highest BCUT2D eigenvalue weighted by Gasteiger charge is 2.10. The molecule has 116 valence electrons. The second kappa shape index (κ2) is 7.68. The van der Waals surface area contributed by atoms with Gasteiger partial charge in [-0.05, 0) is 36.8 Å². The summed E-state index contributed by atoms with van der Waals surface area (Å²) in [5, 5.41) is 15.5. The van der Waals surface area contributed by atoms with Crippen LogP contribution >= 0.6 is 23.2 Å². The first-order chi connectivity index (χ1) is 11.0. The summed E-state index contributed by atoms with van der Waals surface area (Å²) in [6.45, 7) is 1.87. The molecule has 0 saturated carbocycles. The Morgan fingerprint density at radius 1 is 1.17 bits per heavy atom. The second-order valence-electron chi connectivity index (χ2n) is 4.71. The van der Waals surface area contributed by atoms with Gasteiger partial charge in [-0.2, -0.15) is 5.26 Å². The maximum absolute atomic E-state index is 12.1. The Hall–Kier alpha value is -2.48. The van der Waals surface area contributed by atoms with Crippen molar-refractivity contribution in [2.75, 3.05) is 10.6 Å². The van der Waals surface area contributed by atoms with Crippen molar-refractivity contribution in [1.29, 1.82) is 5.26 Å². The van der Waals surface area contributed by atoms with E-state index in [-0.39, 0.29) is 5.57 Å². The zero-order valence-electron chi connectivity index (χ0n) is 12.2. The first-order valence-corrected chi connectivity index (χ1v) is 7.45. The molecule has 0 aliphatic rings. The summed E-state index contributed by atoms with van der Waals surface area (Å²) in [4.78, 5) is 12.1. The maximum Gasteiger partial charge on any atom is 0.267 e. The lowest BCUT2D eigenvalue weighted by molar-refractivity contribution is -0.112. The van der Waals surface area contributed by atoms with Crippen LogP contribution in [0, 0.1) is 18.3 Å². The highest BCUT2D eigenvalue weighted by atomic mass is 35.5. The Morgan fingerprint density at radius 3 is 2.57 bits per heavy atom. The van der Waals surface area contributed by atoms with E-state index in [0.717, 1.165) is 5.56 Å². The quantitative estimate of drug-likeness (QED) is 0.620. The van der Waals surface area contributed by atoms with E-state index in [4.69, 9.17) is 28.5 Å². The molecule has 0 aliphatic heterocycles. The van der Waals surface area contributed by atoms with Gasteiger partial charge in [-0.3, -0.25) is 4.79 Å². The molecule has 1 amide bonds. The van der Waals surface area contributed by atoms with Crippen LogP contribution in [0.4, 0.5) is 11.4 Å². The number of para-hydroxylation sites is 1. The van der Waals surface area contributed by atoms with E-state index in [1.165, 1.54) is 6.20 Å². The third-order valence-electron chi connectivity index (χ3n) is 3.06. The second-order valence-corrected chi connectivity index (χ2v) is 5.53. The van der Waals surface area contributed by atoms with Crippen molar-refractivity contribution in [3.63, 3.8) is 0 Å². The number of nitrogens with one attached hydrogen (secondary N) is 2. The molecule has 23 heavy (non-hydrogen) atoms. The topological polar surface area (TPSA) is 64.9 Å². The summed E-state index contributed by atoms with van der Waals surface area (Å²) in [5.74, 6) is -0.491. The molecule has 2 rings (SSSR count). The summed E-state index contributed by atoms with van der Waals surface area (Å²) in [6, 6.07) is 14.1. The molecule has 0 heterocycles. The van der Waals surface area contributed by atoms with E-state index in [9.17, 15) is 4.79 Å². The molecular formula is C17H13Cl2N3O. The van der Waals surface area contributed by atoms with Crippen LogP contribution in [0.3, 0.4) is 0 Å². The Kier molecular flexibility index (Phi) is 5.64. The van der Waals surface area contributed by atoms with Crippen molar-refractivity contribution in [2.45, 2.75) is 6.92 Å². The molecule has 0 unspecified atom stereocenters. The number of carbonyl (C=O) groups is 1. The molecule has 2 aromatic carbocycles. The number of amides is 1. The average molecular weight is 346 g/mol. The van der Waals surface area contributed by atoms with Crippen LogP contribution in [-0.4, -0.2) is 5.91 Å². The molecule has 0 bridgehead atoms. The van der Waals surface area contributed by atoms with Gasteiger partial charge >= 0.3 is 0 Å². The fraction of sp³-hybridized carbons (Fsp3) is 0.0588. The van der Waals surface area contributed by atoms with Gasteiger partial charge in [0.15, 0.2) is 0 Å². The number of rotatable bonds is 4. The molecule has 2 aromatic rings. The monoisotopic (exact) mass is 345 g/mol. The van der Waals surface area contributed by atoms with Crippen molar-refractivity contribution in [3.8, 4) is 6.07 Å². The number of carbonyl (C=O) groups excluding carboxylic acids is 1. The van der Waals surface area contributed by atoms with Crippen LogP contribution in [0.5, 0.6) is 0 Å². The van der Waals surface area contributed by atoms with E-state index < -0.39 is 5.91 Å². The first kappa shape index (κ1) is 16.9. The average Bonchev–Trinajstić information content (AvgIpc) is 2.53. The van der Waals surface area contributed by atoms with Crippen LogP contribution in [0.1, 0.15) is 5.56 Å². The summed E-state index contributed by atoms with van der Waals surface area (Å²) in [7, 11) is 0. The lowest BCUT2D eigenvalue weighted by Crippen LogP contribution is -2.15. The Bertz CT molecular complexity index is 810. The Morgan fingerprint density at radius 2 is 1.91 bits per heavy atom. The number of benzene rings is 2. The van der Waals surface area contributed by atoms with Crippen molar-refractivity contribution >= 4 is 40.5 Å². The predicted molar refractivity (Wildman–Crippen MR) is 93.6 cm³/mol. The largest absolute Gasteiger partial charge is 0.360 e. The van der Waals surface area contributed by atoms with Gasteiger partial charge in [0, 0.05) is 17.6 Å². The Labute approximate surface area is 144 Å². The minimum atomic E-state index is -0.491. The number of nitriles is 1. The predicted octanol–water partition coefficient (Wildman–Crippen LogP) is 4.76. The zero-order valence-corrected chi connectivity index (χ0v) is 13.7. The van der Waals surface area contributed by atoms with E-state index >= 15 is 0 Å². The van der Waals surface area contributed by atoms with Gasteiger partial charge in [0.05, 0.1) is 10.0 Å². The maximum atomic E-state index is 12.1. The Balaban J connectivity index is 2.12. The lowest BCUT2D eigenvalue weighted by Gasteiger charge is -2.08. The number of nitrogens with zero attached hydrogens (tertiary/aromatic N) is 1. The van der Waals surface area contributed by atoms with Crippen LogP contribution in [0.2, 0.25) is 10.0 Å². The van der Waals surface area contributed by atoms with Gasteiger partial charge in [-0.25, -0.2) is 0 Å². The van der Waals surface area contributed by atoms with Gasteiger partial charge in [0.25, 0.3) is 5.91 Å². The van der Waals surface area contributed by atoms with E-state index in [1.54, 1.807) is 24.3 Å². The summed E-state index contributed by atoms with van der Waals surface area (Å²) in [6.07, 6.45) is 1.33. The van der Waals surface area contributed by atoms with E-state index in [2.05, 4.69) is 10.6 Å². The number of anilines is 2. The third-order valence-corrected chi connectivity index (χ3v) is 3.80. The van der Waals surface area contributed by atoms with Crippen molar-refractivity contribution in [1.82, 2.24) is 0 Å². The van der Waals surface area contributed by atoms with Crippen LogP contribution in [-0.2, 0) is 4.79 Å². The number of hydrogen-bond donors (Lipinski definition) is 2. The minimum Gasteiger partial charge on any atom is -0.360 e. The van der Waals surface area contributed by atoms with E-state index in [1.807, 2.05) is 31.2 Å². The third kappa shape index (κ3) is 4.49. The van der Waals surface area contributed by atoms with Crippen molar-refractivity contribution in [3.05, 3.63) is 69.8 Å². The molecule has 0 radical (unpaired) electrons. The first-order valence-electron chi connectivity index (χ1n) is 6.70. The summed E-state index contributed by atoms with van der Waals surface area (Å²) < 4.78 is 0. The molecule has 2 N–H and O–H groups in total. The molecule has 0 atom stereocenters. The van der Waals surface area contributed by atoms with Gasteiger partial charge in [0.2, 0.25) is 0 Å². The molecule has 0 aliphatic carbocycles. The van der Waals surface area contributed by atoms with Crippen LogP contribution in [0.15, 0.2) is 54.2 Å². The van der Waals surface area contributed by atoms with Crippen LogP contribution in [0.25, 0.3) is 0 Å². The summed E-state index contributed by atoms with van der Waals surface area (Å²) in [5.41, 5.74) is 2.14. The van der Waals surface area contributed by atoms with Gasteiger partial charge in [-0.15, -0.1) is 0 Å². The molecule has 0 spiro atoms. The molecule has 6 heteroatoms. The lowest BCUT2D eigenvalue weighted by atomic mass is 10.2. The number of halogens is 2. The molecule has 0 fully saturated rings. The fourth-order valence-corrected chi connectivity index (χ4v) is 2.09. The van der Waals surface area contributed by atoms with Crippen molar-refractivity contribution < 1.29 is 4.79 Å². The van der Waals surface area contributed by atoms with Gasteiger partial charge in [0.1, 0.15) is 11.6 Å². The van der Waals surface area contributed by atoms with Crippen molar-refractivity contribution in [2.24, 2.45) is 0 Å². The summed E-state index contributed by atoms with van der Waals surface area (Å²) >= 11 is 11.7. The van der Waals surface area contributed by atoms with Gasteiger partial charge < -0.3 is 10.6 Å².